The van der Waals surface area contributed by atoms with Crippen molar-refractivity contribution in [1.29, 1.82) is 0 Å². The second-order valence-corrected chi connectivity index (χ2v) is 9.91. The molecule has 11 heteroatoms. The first-order valence-corrected chi connectivity index (χ1v) is 11.9. The van der Waals surface area contributed by atoms with Gasteiger partial charge in [-0.25, -0.2) is 9.59 Å². The van der Waals surface area contributed by atoms with E-state index in [9.17, 15) is 24.0 Å². The molecule has 11 nitrogen and oxygen atoms in total. The van der Waals surface area contributed by atoms with E-state index in [0.29, 0.717) is 35.5 Å². The number of piperidine rings is 1. The Labute approximate surface area is 213 Å². The van der Waals surface area contributed by atoms with Gasteiger partial charge in [-0.3, -0.25) is 25.0 Å². The van der Waals surface area contributed by atoms with Crippen LogP contribution in [-0.4, -0.2) is 46.4 Å². The van der Waals surface area contributed by atoms with Crippen molar-refractivity contribution in [3.8, 4) is 0 Å². The fourth-order valence-electron chi connectivity index (χ4n) is 4.17. The van der Waals surface area contributed by atoms with Gasteiger partial charge in [-0.15, -0.1) is 0 Å². The summed E-state index contributed by atoms with van der Waals surface area (Å²) < 4.78 is 5.23. The van der Waals surface area contributed by atoms with Crippen molar-refractivity contribution in [2.45, 2.75) is 58.3 Å². The molecule has 0 aliphatic carbocycles. The highest BCUT2D eigenvalue weighted by Crippen LogP contribution is 2.28. The third-order valence-electron chi connectivity index (χ3n) is 5.81. The molecule has 194 valence electrons. The maximum Gasteiger partial charge on any atom is 0.412 e. The number of rotatable bonds is 5. The SMILES string of the molecule is CC(C)(C)OC(=O)Nc1cccc(NC(=O)NCc2ccc3c(c2)C(=O)N(C2CCC(=O)NC2=O)C3)c1. The summed E-state index contributed by atoms with van der Waals surface area (Å²) in [7, 11) is 0. The zero-order chi connectivity index (χ0) is 26.7. The smallest absolute Gasteiger partial charge is 0.412 e. The van der Waals surface area contributed by atoms with Gasteiger partial charge in [0.2, 0.25) is 11.8 Å². The summed E-state index contributed by atoms with van der Waals surface area (Å²) in [6.07, 6.45) is -0.106. The van der Waals surface area contributed by atoms with E-state index in [1.807, 2.05) is 6.07 Å². The number of anilines is 2. The molecule has 0 radical (unpaired) electrons. The van der Waals surface area contributed by atoms with E-state index in [4.69, 9.17) is 4.74 Å². The van der Waals surface area contributed by atoms with Gasteiger partial charge in [-0.05, 0) is 62.6 Å². The Morgan fingerprint density at radius 1 is 1.05 bits per heavy atom. The molecule has 2 aromatic carbocycles. The molecule has 2 heterocycles. The Bertz CT molecular complexity index is 1270. The lowest BCUT2D eigenvalue weighted by molar-refractivity contribution is -0.136. The third-order valence-corrected chi connectivity index (χ3v) is 5.81. The zero-order valence-corrected chi connectivity index (χ0v) is 20.8. The molecule has 0 saturated carbocycles. The summed E-state index contributed by atoms with van der Waals surface area (Å²) in [4.78, 5) is 62.5. The van der Waals surface area contributed by atoms with Gasteiger partial charge < -0.3 is 20.3 Å². The summed E-state index contributed by atoms with van der Waals surface area (Å²) in [6.45, 7) is 5.75. The van der Waals surface area contributed by atoms with Crippen molar-refractivity contribution >= 4 is 41.2 Å². The van der Waals surface area contributed by atoms with Crippen LogP contribution in [-0.2, 0) is 27.4 Å². The number of amides is 6. The monoisotopic (exact) mass is 507 g/mol. The number of carbonyl (C=O) groups excluding carboxylic acids is 5. The van der Waals surface area contributed by atoms with E-state index < -0.39 is 29.7 Å². The summed E-state index contributed by atoms with van der Waals surface area (Å²) >= 11 is 0. The highest BCUT2D eigenvalue weighted by molar-refractivity contribution is 6.05. The summed E-state index contributed by atoms with van der Waals surface area (Å²) in [6, 6.07) is 10.8. The standard InChI is InChI=1S/C26H29N5O6/c1-26(2,3)37-25(36)29-18-6-4-5-17(12-18)28-24(35)27-13-15-7-8-16-14-31(23(34)19(16)11-15)20-9-10-21(32)30-22(20)33/h4-8,11-12,20H,9-10,13-14H2,1-3H3,(H,29,36)(H2,27,28,35)(H,30,32,33). The predicted octanol–water partition coefficient (Wildman–Crippen LogP) is 3.12. The number of fused-ring (bicyclic) bond motifs is 1. The molecule has 2 aliphatic rings. The Morgan fingerprint density at radius 3 is 2.49 bits per heavy atom. The number of carbonyl (C=O) groups is 5. The van der Waals surface area contributed by atoms with Gasteiger partial charge in [0, 0.05) is 36.4 Å². The van der Waals surface area contributed by atoms with E-state index in [2.05, 4.69) is 21.3 Å². The van der Waals surface area contributed by atoms with E-state index in [0.717, 1.165) is 5.56 Å². The highest BCUT2D eigenvalue weighted by Gasteiger charge is 2.39. The Balaban J connectivity index is 1.32. The van der Waals surface area contributed by atoms with Crippen LogP contribution in [0.15, 0.2) is 42.5 Å². The first-order valence-electron chi connectivity index (χ1n) is 11.9. The van der Waals surface area contributed by atoms with Gasteiger partial charge in [-0.2, -0.15) is 0 Å². The Kier molecular flexibility index (Phi) is 7.14. The molecule has 0 spiro atoms. The van der Waals surface area contributed by atoms with Crippen molar-refractivity contribution in [2.75, 3.05) is 10.6 Å². The van der Waals surface area contributed by atoms with Gasteiger partial charge >= 0.3 is 12.1 Å². The largest absolute Gasteiger partial charge is 0.444 e. The average molecular weight is 508 g/mol. The lowest BCUT2D eigenvalue weighted by atomic mass is 10.0. The van der Waals surface area contributed by atoms with Crippen molar-refractivity contribution in [1.82, 2.24) is 15.5 Å². The number of hydrogen-bond acceptors (Lipinski definition) is 6. The van der Waals surface area contributed by atoms with Crippen LogP contribution in [0.25, 0.3) is 0 Å². The summed E-state index contributed by atoms with van der Waals surface area (Å²) in [5.74, 6) is -1.06. The highest BCUT2D eigenvalue weighted by atomic mass is 16.6. The van der Waals surface area contributed by atoms with Gasteiger partial charge in [0.1, 0.15) is 11.6 Å². The van der Waals surface area contributed by atoms with Crippen LogP contribution >= 0.6 is 0 Å². The van der Waals surface area contributed by atoms with E-state index >= 15 is 0 Å². The molecule has 6 amide bonds. The van der Waals surface area contributed by atoms with Gasteiger partial charge in [0.15, 0.2) is 0 Å². The maximum atomic E-state index is 13.0. The molecule has 1 atom stereocenters. The predicted molar refractivity (Wildman–Crippen MR) is 135 cm³/mol. The van der Waals surface area contributed by atoms with Crippen LogP contribution in [0.1, 0.15) is 55.1 Å². The lowest BCUT2D eigenvalue weighted by Crippen LogP contribution is -2.52. The minimum absolute atomic E-state index is 0.167. The number of benzene rings is 2. The molecular weight excluding hydrogens is 478 g/mol. The molecule has 4 rings (SSSR count). The van der Waals surface area contributed by atoms with Gasteiger partial charge in [-0.1, -0.05) is 18.2 Å². The van der Waals surface area contributed by atoms with Crippen LogP contribution in [0.4, 0.5) is 21.0 Å². The summed E-state index contributed by atoms with van der Waals surface area (Å²) in [5.41, 5.74) is 2.28. The van der Waals surface area contributed by atoms with E-state index in [1.54, 1.807) is 57.2 Å². The number of urea groups is 1. The Hall–Kier alpha value is -4.41. The molecule has 4 N–H and O–H groups in total. The van der Waals surface area contributed by atoms with Crippen LogP contribution < -0.4 is 21.3 Å². The van der Waals surface area contributed by atoms with Crippen LogP contribution in [0, 0.1) is 0 Å². The topological polar surface area (TPSA) is 146 Å². The van der Waals surface area contributed by atoms with Crippen molar-refractivity contribution in [2.24, 2.45) is 0 Å². The molecule has 1 saturated heterocycles. The molecule has 1 fully saturated rings. The van der Waals surface area contributed by atoms with Crippen LogP contribution in [0.2, 0.25) is 0 Å². The van der Waals surface area contributed by atoms with Crippen molar-refractivity contribution < 1.29 is 28.7 Å². The minimum atomic E-state index is -0.675. The number of nitrogens with one attached hydrogen (secondary N) is 4. The molecule has 2 aromatic rings. The fourth-order valence-corrected chi connectivity index (χ4v) is 4.17. The third kappa shape index (κ3) is 6.43. The van der Waals surface area contributed by atoms with Crippen LogP contribution in [0.5, 0.6) is 0 Å². The number of hydrogen-bond donors (Lipinski definition) is 4. The molecule has 0 bridgehead atoms. The van der Waals surface area contributed by atoms with E-state index in [-0.39, 0.29) is 24.8 Å². The van der Waals surface area contributed by atoms with Gasteiger partial charge in [0.05, 0.1) is 0 Å². The molecule has 1 unspecified atom stereocenters. The average Bonchev–Trinajstić information content (AvgIpc) is 3.12. The molecule has 0 aromatic heterocycles. The second kappa shape index (κ2) is 10.3. The minimum Gasteiger partial charge on any atom is -0.444 e. The number of nitrogens with zero attached hydrogens (tertiary/aromatic N) is 1. The molecule has 2 aliphatic heterocycles. The number of imide groups is 1. The Morgan fingerprint density at radius 2 is 1.78 bits per heavy atom. The van der Waals surface area contributed by atoms with Crippen molar-refractivity contribution in [3.05, 3.63) is 59.2 Å². The zero-order valence-electron chi connectivity index (χ0n) is 20.8. The number of ether oxygens (including phenoxy) is 1. The first kappa shape index (κ1) is 25.7. The normalized spacial score (nSPS) is 17.1. The second-order valence-electron chi connectivity index (χ2n) is 9.91. The fraction of sp³-hybridized carbons (Fsp3) is 0.346. The molecular formula is C26H29N5O6. The van der Waals surface area contributed by atoms with E-state index in [1.165, 1.54) is 4.90 Å². The lowest BCUT2D eigenvalue weighted by Gasteiger charge is -2.29. The first-order chi connectivity index (χ1) is 17.5. The maximum absolute atomic E-state index is 13.0. The quantitative estimate of drug-likeness (QED) is 0.458. The molecule has 37 heavy (non-hydrogen) atoms. The van der Waals surface area contributed by atoms with Gasteiger partial charge in [0.25, 0.3) is 5.91 Å². The van der Waals surface area contributed by atoms with Crippen LogP contribution in [0.3, 0.4) is 0 Å². The summed E-state index contributed by atoms with van der Waals surface area (Å²) in [5, 5.41) is 10.4. The van der Waals surface area contributed by atoms with Crippen molar-refractivity contribution in [3.63, 3.8) is 0 Å².